The average molecular weight is 267 g/mol. The molecule has 1 aliphatic rings. The van der Waals surface area contributed by atoms with Gasteiger partial charge in [-0.25, -0.2) is 8.78 Å². The third-order valence-corrected chi connectivity index (χ3v) is 4.25. The Morgan fingerprint density at radius 2 is 1.89 bits per heavy atom. The lowest BCUT2D eigenvalue weighted by Gasteiger charge is -2.33. The van der Waals surface area contributed by atoms with E-state index in [4.69, 9.17) is 0 Å². The van der Waals surface area contributed by atoms with Gasteiger partial charge in [-0.15, -0.1) is 0 Å². The molecule has 1 atom stereocenters. The van der Waals surface area contributed by atoms with Gasteiger partial charge in [0.05, 0.1) is 0 Å². The smallest absolute Gasteiger partial charge is 0.128 e. The molecule has 0 aromatic heterocycles. The molecule has 0 bridgehead atoms. The van der Waals surface area contributed by atoms with Crippen LogP contribution in [0.1, 0.15) is 51.1 Å². The van der Waals surface area contributed by atoms with Crippen LogP contribution in [0, 0.1) is 23.5 Å². The molecule has 0 aliphatic heterocycles. The molecule has 0 radical (unpaired) electrons. The minimum atomic E-state index is -0.358. The molecule has 0 amide bonds. The van der Waals surface area contributed by atoms with Crippen LogP contribution in [0.5, 0.6) is 0 Å². The molecule has 2 rings (SSSR count). The zero-order valence-electron chi connectivity index (χ0n) is 11.8. The van der Waals surface area contributed by atoms with E-state index in [2.05, 4.69) is 12.2 Å². The van der Waals surface area contributed by atoms with Gasteiger partial charge in [0.2, 0.25) is 0 Å². The number of hydrogen-bond acceptors (Lipinski definition) is 1. The van der Waals surface area contributed by atoms with Crippen molar-refractivity contribution in [2.24, 2.45) is 11.8 Å². The molecule has 1 saturated carbocycles. The van der Waals surface area contributed by atoms with E-state index in [0.717, 1.165) is 25.3 Å². The normalized spacial score (nSPS) is 25.3. The molecule has 1 unspecified atom stereocenters. The molecule has 0 saturated heterocycles. The van der Waals surface area contributed by atoms with Crippen LogP contribution < -0.4 is 5.32 Å². The summed E-state index contributed by atoms with van der Waals surface area (Å²) in [5, 5.41) is 3.34. The third kappa shape index (κ3) is 3.53. The zero-order valence-corrected chi connectivity index (χ0v) is 11.8. The van der Waals surface area contributed by atoms with Crippen LogP contribution in [0.3, 0.4) is 0 Å². The van der Waals surface area contributed by atoms with Crippen LogP contribution in [0.25, 0.3) is 0 Å². The second kappa shape index (κ2) is 6.47. The molecule has 0 spiro atoms. The van der Waals surface area contributed by atoms with Crippen LogP contribution in [0.4, 0.5) is 8.78 Å². The summed E-state index contributed by atoms with van der Waals surface area (Å²) in [7, 11) is 0. The first-order chi connectivity index (χ1) is 9.11. The number of benzene rings is 1. The van der Waals surface area contributed by atoms with E-state index < -0.39 is 0 Å². The van der Waals surface area contributed by atoms with Gasteiger partial charge in [-0.1, -0.05) is 26.7 Å². The first-order valence-corrected chi connectivity index (χ1v) is 7.30. The van der Waals surface area contributed by atoms with Crippen LogP contribution in [-0.4, -0.2) is 6.54 Å². The van der Waals surface area contributed by atoms with Crippen molar-refractivity contribution >= 4 is 0 Å². The van der Waals surface area contributed by atoms with E-state index in [1.807, 2.05) is 6.92 Å². The number of halogens is 2. The fourth-order valence-electron chi connectivity index (χ4n) is 3.12. The summed E-state index contributed by atoms with van der Waals surface area (Å²) in [6.07, 6.45) is 4.55. The second-order valence-corrected chi connectivity index (χ2v) is 5.72. The van der Waals surface area contributed by atoms with Crippen molar-refractivity contribution in [3.05, 3.63) is 35.4 Å². The topological polar surface area (TPSA) is 12.0 Å². The minimum absolute atomic E-state index is 0.0619. The summed E-state index contributed by atoms with van der Waals surface area (Å²) in [4.78, 5) is 0. The highest BCUT2D eigenvalue weighted by Crippen LogP contribution is 2.37. The minimum Gasteiger partial charge on any atom is -0.310 e. The van der Waals surface area contributed by atoms with Crippen LogP contribution in [0.2, 0.25) is 0 Å². The SMILES string of the molecule is CCNC(c1cc(F)ccc1F)C1CCC(C)CC1. The van der Waals surface area contributed by atoms with Crippen LogP contribution >= 0.6 is 0 Å². The second-order valence-electron chi connectivity index (χ2n) is 5.72. The lowest BCUT2D eigenvalue weighted by atomic mass is 9.77. The van der Waals surface area contributed by atoms with Crippen molar-refractivity contribution in [3.8, 4) is 0 Å². The summed E-state index contributed by atoms with van der Waals surface area (Å²) < 4.78 is 27.4. The van der Waals surface area contributed by atoms with Crippen LogP contribution in [-0.2, 0) is 0 Å². The van der Waals surface area contributed by atoms with Gasteiger partial charge in [0, 0.05) is 11.6 Å². The summed E-state index contributed by atoms with van der Waals surface area (Å²) >= 11 is 0. The third-order valence-electron chi connectivity index (χ3n) is 4.25. The molecule has 0 heterocycles. The Labute approximate surface area is 114 Å². The van der Waals surface area contributed by atoms with Crippen molar-refractivity contribution in [2.45, 2.75) is 45.6 Å². The molecule has 19 heavy (non-hydrogen) atoms. The predicted molar refractivity (Wildman–Crippen MR) is 73.9 cm³/mol. The van der Waals surface area contributed by atoms with Gasteiger partial charge in [-0.2, -0.15) is 0 Å². The molecule has 106 valence electrons. The molecule has 3 heteroatoms. The summed E-state index contributed by atoms with van der Waals surface area (Å²) in [5.74, 6) is 0.512. The Hall–Kier alpha value is -0.960. The van der Waals surface area contributed by atoms with Crippen molar-refractivity contribution in [2.75, 3.05) is 6.54 Å². The zero-order chi connectivity index (χ0) is 13.8. The molecule has 1 aromatic carbocycles. The fraction of sp³-hybridized carbons (Fsp3) is 0.625. The van der Waals surface area contributed by atoms with E-state index in [1.165, 1.54) is 31.0 Å². The highest BCUT2D eigenvalue weighted by Gasteiger charge is 2.28. The molecule has 1 N–H and O–H groups in total. The maximum absolute atomic E-state index is 14.0. The Balaban J connectivity index is 2.21. The molecule has 1 aliphatic carbocycles. The first kappa shape index (κ1) is 14.4. The highest BCUT2D eigenvalue weighted by atomic mass is 19.1. The molecule has 1 fully saturated rings. The maximum atomic E-state index is 14.0. The Bertz CT molecular complexity index is 411. The molecular formula is C16H23F2N. The van der Waals surface area contributed by atoms with Gasteiger partial charge < -0.3 is 5.32 Å². The summed E-state index contributed by atoms with van der Waals surface area (Å²) in [5.41, 5.74) is 0.487. The number of rotatable bonds is 4. The van der Waals surface area contributed by atoms with E-state index in [1.54, 1.807) is 0 Å². The molecule has 1 nitrogen and oxygen atoms in total. The van der Waals surface area contributed by atoms with Crippen molar-refractivity contribution < 1.29 is 8.78 Å². The predicted octanol–water partition coefficient (Wildman–Crippen LogP) is 4.44. The Morgan fingerprint density at radius 1 is 1.21 bits per heavy atom. The van der Waals surface area contributed by atoms with Crippen molar-refractivity contribution in [1.29, 1.82) is 0 Å². The van der Waals surface area contributed by atoms with E-state index in [0.29, 0.717) is 11.5 Å². The Morgan fingerprint density at radius 3 is 2.53 bits per heavy atom. The summed E-state index contributed by atoms with van der Waals surface area (Å²) in [6, 6.07) is 3.71. The largest absolute Gasteiger partial charge is 0.310 e. The summed E-state index contributed by atoms with van der Waals surface area (Å²) in [6.45, 7) is 5.05. The maximum Gasteiger partial charge on any atom is 0.128 e. The monoisotopic (exact) mass is 267 g/mol. The van der Waals surface area contributed by atoms with Gasteiger partial charge in [0.15, 0.2) is 0 Å². The van der Waals surface area contributed by atoms with E-state index >= 15 is 0 Å². The lowest BCUT2D eigenvalue weighted by molar-refractivity contribution is 0.230. The highest BCUT2D eigenvalue weighted by molar-refractivity contribution is 5.23. The molecular weight excluding hydrogens is 244 g/mol. The van der Waals surface area contributed by atoms with Gasteiger partial charge in [0.25, 0.3) is 0 Å². The van der Waals surface area contributed by atoms with Gasteiger partial charge in [-0.3, -0.25) is 0 Å². The van der Waals surface area contributed by atoms with E-state index in [-0.39, 0.29) is 17.7 Å². The van der Waals surface area contributed by atoms with Crippen LogP contribution in [0.15, 0.2) is 18.2 Å². The van der Waals surface area contributed by atoms with Gasteiger partial charge in [0.1, 0.15) is 11.6 Å². The van der Waals surface area contributed by atoms with Crippen molar-refractivity contribution in [3.63, 3.8) is 0 Å². The quantitative estimate of drug-likeness (QED) is 0.850. The van der Waals surface area contributed by atoms with E-state index in [9.17, 15) is 8.78 Å². The lowest BCUT2D eigenvalue weighted by Crippen LogP contribution is -2.31. The fourth-order valence-corrected chi connectivity index (χ4v) is 3.12. The van der Waals surface area contributed by atoms with Crippen molar-refractivity contribution in [1.82, 2.24) is 5.32 Å². The standard InChI is InChI=1S/C16H23F2N/c1-3-19-16(12-6-4-11(2)5-7-12)14-10-13(17)8-9-15(14)18/h8-12,16,19H,3-7H2,1-2H3. The van der Waals surface area contributed by atoms with Gasteiger partial charge in [-0.05, 0) is 49.4 Å². The number of nitrogens with one attached hydrogen (secondary N) is 1. The Kier molecular flexibility index (Phi) is 4.92. The number of hydrogen-bond donors (Lipinski definition) is 1. The average Bonchev–Trinajstić information content (AvgIpc) is 2.40. The molecule has 1 aromatic rings. The van der Waals surface area contributed by atoms with Gasteiger partial charge >= 0.3 is 0 Å². The first-order valence-electron chi connectivity index (χ1n) is 7.30.